The van der Waals surface area contributed by atoms with Crippen molar-refractivity contribution < 1.29 is 4.79 Å². The monoisotopic (exact) mass is 323 g/mol. The number of carbonyl (C=O) groups is 1. The molecule has 2 aromatic rings. The van der Waals surface area contributed by atoms with Gasteiger partial charge in [-0.25, -0.2) is 0 Å². The van der Waals surface area contributed by atoms with E-state index in [-0.39, 0.29) is 0 Å². The van der Waals surface area contributed by atoms with Crippen molar-refractivity contribution in [2.24, 2.45) is 0 Å². The summed E-state index contributed by atoms with van der Waals surface area (Å²) in [6.45, 7) is 3.96. The zero-order valence-electron chi connectivity index (χ0n) is 10.1. The van der Waals surface area contributed by atoms with Gasteiger partial charge in [-0.2, -0.15) is 0 Å². The van der Waals surface area contributed by atoms with Gasteiger partial charge in [0.2, 0.25) is 0 Å². The van der Waals surface area contributed by atoms with Gasteiger partial charge in [0.25, 0.3) is 0 Å². The van der Waals surface area contributed by atoms with Gasteiger partial charge in [-0.3, -0.25) is 4.79 Å². The predicted octanol–water partition coefficient (Wildman–Crippen LogP) is 4.35. The molecular formula is C14H14BrNOS. The van der Waals surface area contributed by atoms with E-state index in [4.69, 9.17) is 0 Å². The first-order chi connectivity index (χ1) is 8.74. The van der Waals surface area contributed by atoms with E-state index in [2.05, 4.69) is 45.3 Å². The second kappa shape index (κ2) is 6.16. The van der Waals surface area contributed by atoms with Crippen molar-refractivity contribution in [3.05, 3.63) is 50.6 Å². The summed E-state index contributed by atoms with van der Waals surface area (Å²) in [5.41, 5.74) is 1.81. The quantitative estimate of drug-likeness (QED) is 0.762. The smallest absolute Gasteiger partial charge is 0.150 e. The van der Waals surface area contributed by atoms with Crippen LogP contribution in [-0.2, 0) is 6.54 Å². The van der Waals surface area contributed by atoms with E-state index >= 15 is 0 Å². The fourth-order valence-electron chi connectivity index (χ4n) is 1.81. The standard InChI is InChI=1S/C14H14BrNOS/c1-2-16(9-12-4-3-7-18-12)14-6-5-11(10-17)8-13(14)15/h3-8,10H,2,9H2,1H3. The van der Waals surface area contributed by atoms with E-state index in [0.29, 0.717) is 5.56 Å². The van der Waals surface area contributed by atoms with E-state index < -0.39 is 0 Å². The molecule has 0 N–H and O–H groups in total. The van der Waals surface area contributed by atoms with Crippen molar-refractivity contribution in [2.45, 2.75) is 13.5 Å². The molecule has 18 heavy (non-hydrogen) atoms. The Labute approximate surface area is 119 Å². The predicted molar refractivity (Wildman–Crippen MR) is 80.6 cm³/mol. The van der Waals surface area contributed by atoms with Gasteiger partial charge in [0.1, 0.15) is 6.29 Å². The number of halogens is 1. The van der Waals surface area contributed by atoms with Gasteiger partial charge in [0.15, 0.2) is 0 Å². The van der Waals surface area contributed by atoms with Crippen LogP contribution in [0, 0.1) is 0 Å². The molecule has 0 aliphatic carbocycles. The van der Waals surface area contributed by atoms with Crippen molar-refractivity contribution in [1.82, 2.24) is 0 Å². The molecule has 2 nitrogen and oxygen atoms in total. The maximum Gasteiger partial charge on any atom is 0.150 e. The van der Waals surface area contributed by atoms with E-state index in [0.717, 1.165) is 29.5 Å². The van der Waals surface area contributed by atoms with Gasteiger partial charge in [-0.05, 0) is 52.5 Å². The molecule has 2 rings (SSSR count). The van der Waals surface area contributed by atoms with E-state index in [9.17, 15) is 4.79 Å². The molecule has 0 amide bonds. The molecular weight excluding hydrogens is 310 g/mol. The van der Waals surface area contributed by atoms with Crippen LogP contribution < -0.4 is 4.90 Å². The molecule has 1 aromatic carbocycles. The highest BCUT2D eigenvalue weighted by atomic mass is 79.9. The van der Waals surface area contributed by atoms with Crippen molar-refractivity contribution in [3.63, 3.8) is 0 Å². The Morgan fingerprint density at radius 1 is 1.39 bits per heavy atom. The molecule has 0 spiro atoms. The number of rotatable bonds is 5. The second-order valence-electron chi connectivity index (χ2n) is 3.92. The molecule has 0 aliphatic rings. The lowest BCUT2D eigenvalue weighted by atomic mass is 10.2. The molecule has 94 valence electrons. The first-order valence-corrected chi connectivity index (χ1v) is 7.44. The lowest BCUT2D eigenvalue weighted by molar-refractivity contribution is 0.112. The van der Waals surface area contributed by atoms with Gasteiger partial charge in [-0.15, -0.1) is 11.3 Å². The van der Waals surface area contributed by atoms with Gasteiger partial charge in [-0.1, -0.05) is 6.07 Å². The summed E-state index contributed by atoms with van der Waals surface area (Å²) in [5, 5.41) is 2.09. The molecule has 1 aromatic heterocycles. The number of hydrogen-bond acceptors (Lipinski definition) is 3. The van der Waals surface area contributed by atoms with Crippen LogP contribution in [0.15, 0.2) is 40.2 Å². The van der Waals surface area contributed by atoms with Gasteiger partial charge < -0.3 is 4.90 Å². The Morgan fingerprint density at radius 3 is 2.78 bits per heavy atom. The first kappa shape index (κ1) is 13.3. The summed E-state index contributed by atoms with van der Waals surface area (Å²) in [6, 6.07) is 9.91. The van der Waals surface area contributed by atoms with Crippen LogP contribution in [-0.4, -0.2) is 12.8 Å². The zero-order valence-corrected chi connectivity index (χ0v) is 12.5. The molecule has 0 saturated carbocycles. The Hall–Kier alpha value is -1.13. The lowest BCUT2D eigenvalue weighted by Gasteiger charge is -2.23. The van der Waals surface area contributed by atoms with Crippen LogP contribution in [0.1, 0.15) is 22.2 Å². The topological polar surface area (TPSA) is 20.3 Å². The maximum absolute atomic E-state index is 10.7. The lowest BCUT2D eigenvalue weighted by Crippen LogP contribution is -2.21. The van der Waals surface area contributed by atoms with Gasteiger partial charge in [0, 0.05) is 21.5 Å². The summed E-state index contributed by atoms with van der Waals surface area (Å²) in [7, 11) is 0. The van der Waals surface area contributed by atoms with Crippen LogP contribution in [0.2, 0.25) is 0 Å². The molecule has 0 radical (unpaired) electrons. The van der Waals surface area contributed by atoms with E-state index in [1.807, 2.05) is 18.2 Å². The van der Waals surface area contributed by atoms with Crippen molar-refractivity contribution in [2.75, 3.05) is 11.4 Å². The summed E-state index contributed by atoms with van der Waals surface area (Å²) in [4.78, 5) is 14.4. The average molecular weight is 324 g/mol. The SMILES string of the molecule is CCN(Cc1cccs1)c1ccc(C=O)cc1Br. The number of carbonyl (C=O) groups excluding carboxylic acids is 1. The molecule has 0 aliphatic heterocycles. The Kier molecular flexibility index (Phi) is 4.55. The molecule has 0 bridgehead atoms. The largest absolute Gasteiger partial charge is 0.366 e. The highest BCUT2D eigenvalue weighted by Crippen LogP contribution is 2.28. The third-order valence-corrected chi connectivity index (χ3v) is 4.25. The first-order valence-electron chi connectivity index (χ1n) is 5.76. The van der Waals surface area contributed by atoms with Crippen LogP contribution in [0.5, 0.6) is 0 Å². The van der Waals surface area contributed by atoms with Gasteiger partial charge >= 0.3 is 0 Å². The fraction of sp³-hybridized carbons (Fsp3) is 0.214. The molecule has 0 saturated heterocycles. The molecule has 0 fully saturated rings. The van der Waals surface area contributed by atoms with Crippen molar-refractivity contribution in [1.29, 1.82) is 0 Å². The van der Waals surface area contributed by atoms with E-state index in [1.165, 1.54) is 4.88 Å². The number of benzene rings is 1. The summed E-state index contributed by atoms with van der Waals surface area (Å²) in [6.07, 6.45) is 0.865. The molecule has 0 atom stereocenters. The number of nitrogens with zero attached hydrogens (tertiary/aromatic N) is 1. The van der Waals surface area contributed by atoms with Crippen LogP contribution in [0.3, 0.4) is 0 Å². The summed E-state index contributed by atoms with van der Waals surface area (Å²) in [5.74, 6) is 0. The van der Waals surface area contributed by atoms with Crippen molar-refractivity contribution >= 4 is 39.2 Å². The highest BCUT2D eigenvalue weighted by Gasteiger charge is 2.10. The molecule has 1 heterocycles. The van der Waals surface area contributed by atoms with Crippen LogP contribution in [0.25, 0.3) is 0 Å². The van der Waals surface area contributed by atoms with Gasteiger partial charge in [0.05, 0.1) is 12.2 Å². The third-order valence-electron chi connectivity index (χ3n) is 2.76. The van der Waals surface area contributed by atoms with E-state index in [1.54, 1.807) is 11.3 Å². The Bertz CT molecular complexity index is 525. The normalized spacial score (nSPS) is 10.3. The zero-order chi connectivity index (χ0) is 13.0. The number of thiophene rings is 1. The molecule has 4 heteroatoms. The second-order valence-corrected chi connectivity index (χ2v) is 5.81. The average Bonchev–Trinajstić information content (AvgIpc) is 2.89. The number of aldehydes is 1. The Balaban J connectivity index is 2.24. The fourth-order valence-corrected chi connectivity index (χ4v) is 3.18. The number of hydrogen-bond donors (Lipinski definition) is 0. The Morgan fingerprint density at radius 2 is 2.22 bits per heavy atom. The summed E-state index contributed by atoms with van der Waals surface area (Å²) >= 11 is 5.30. The minimum atomic E-state index is 0.692. The van der Waals surface area contributed by atoms with Crippen LogP contribution >= 0.6 is 27.3 Å². The minimum absolute atomic E-state index is 0.692. The maximum atomic E-state index is 10.7. The minimum Gasteiger partial charge on any atom is -0.366 e. The summed E-state index contributed by atoms with van der Waals surface area (Å²) < 4.78 is 0.963. The number of anilines is 1. The third kappa shape index (κ3) is 3.00. The van der Waals surface area contributed by atoms with Crippen LogP contribution in [0.4, 0.5) is 5.69 Å². The molecule has 0 unspecified atom stereocenters. The highest BCUT2D eigenvalue weighted by molar-refractivity contribution is 9.10. The van der Waals surface area contributed by atoms with Crippen molar-refractivity contribution in [3.8, 4) is 0 Å².